The van der Waals surface area contributed by atoms with Gasteiger partial charge in [0.2, 0.25) is 0 Å². The van der Waals surface area contributed by atoms with E-state index in [1.165, 1.54) is 12.8 Å². The van der Waals surface area contributed by atoms with Crippen LogP contribution < -0.4 is 10.6 Å². The number of amides is 2. The Balaban J connectivity index is 1.69. The summed E-state index contributed by atoms with van der Waals surface area (Å²) < 4.78 is 5.89. The third-order valence-corrected chi connectivity index (χ3v) is 5.70. The Kier molecular flexibility index (Phi) is 5.33. The average Bonchev–Trinajstić information content (AvgIpc) is 2.95. The van der Waals surface area contributed by atoms with Gasteiger partial charge in [0.15, 0.2) is 0 Å². The molecule has 4 rings (SSSR count). The Morgan fingerprint density at radius 3 is 2.50 bits per heavy atom. The largest absolute Gasteiger partial charge is 0.459 e. The van der Waals surface area contributed by atoms with Crippen LogP contribution in [0.3, 0.4) is 0 Å². The van der Waals surface area contributed by atoms with Crippen molar-refractivity contribution >= 4 is 22.8 Å². The molecule has 0 spiro atoms. The van der Waals surface area contributed by atoms with Crippen LogP contribution in [0, 0.1) is 0 Å². The normalized spacial score (nSPS) is 21.0. The van der Waals surface area contributed by atoms with Gasteiger partial charge in [-0.1, -0.05) is 55.3 Å². The minimum Gasteiger partial charge on any atom is -0.459 e. The summed E-state index contributed by atoms with van der Waals surface area (Å²) in [4.78, 5) is 25.3. The quantitative estimate of drug-likeness (QED) is 0.599. The van der Waals surface area contributed by atoms with Crippen molar-refractivity contribution in [3.05, 3.63) is 59.3 Å². The molecule has 5 nitrogen and oxygen atoms in total. The number of hydrogen-bond acceptors (Lipinski definition) is 3. The molecule has 1 aliphatic heterocycles. The average molecular weight is 378 g/mol. The molecule has 0 radical (unpaired) electrons. The fourth-order valence-electron chi connectivity index (χ4n) is 4.27. The summed E-state index contributed by atoms with van der Waals surface area (Å²) in [5.41, 5.74) is 1.95. The minimum atomic E-state index is -0.530. The highest BCUT2D eigenvalue weighted by atomic mass is 16.5. The van der Waals surface area contributed by atoms with E-state index >= 15 is 0 Å². The summed E-state index contributed by atoms with van der Waals surface area (Å²) in [6, 6.07) is 13.1. The molecule has 2 N–H and O–H groups in total. The van der Waals surface area contributed by atoms with Gasteiger partial charge in [-0.05, 0) is 48.9 Å². The van der Waals surface area contributed by atoms with Crippen molar-refractivity contribution in [2.75, 3.05) is 0 Å². The van der Waals surface area contributed by atoms with Crippen LogP contribution in [-0.4, -0.2) is 18.1 Å². The first-order valence-electron chi connectivity index (χ1n) is 10.1. The van der Waals surface area contributed by atoms with Crippen molar-refractivity contribution in [2.45, 2.75) is 57.6 Å². The minimum absolute atomic E-state index is 0.0407. The molecule has 5 heteroatoms. The van der Waals surface area contributed by atoms with Crippen LogP contribution in [0.5, 0.6) is 0 Å². The molecular formula is C23H26N2O3. The van der Waals surface area contributed by atoms with Gasteiger partial charge in [0.25, 0.3) is 0 Å². The van der Waals surface area contributed by atoms with Gasteiger partial charge in [0.1, 0.15) is 6.10 Å². The van der Waals surface area contributed by atoms with E-state index in [0.29, 0.717) is 11.3 Å². The second kappa shape index (κ2) is 8.05. The number of urea groups is 1. The molecule has 0 bridgehead atoms. The molecule has 1 heterocycles. The smallest absolute Gasteiger partial charge is 0.338 e. The Morgan fingerprint density at radius 1 is 1.00 bits per heavy atom. The lowest BCUT2D eigenvalue weighted by Crippen LogP contribution is -2.45. The zero-order chi connectivity index (χ0) is 19.5. The topological polar surface area (TPSA) is 67.4 Å². The predicted molar refractivity (Wildman–Crippen MR) is 109 cm³/mol. The van der Waals surface area contributed by atoms with Crippen molar-refractivity contribution in [3.8, 4) is 0 Å². The maximum absolute atomic E-state index is 13.1. The standard InChI is InChI=1S/C23H26N2O3/c1-15-20(22(26)28-17-11-4-2-3-5-12-17)21(25-23(27)24-15)19-14-8-10-16-9-6-7-13-18(16)19/h6-10,13-14,17,21H,2-5,11-12H2,1H3,(H2,24,25,27)/t21-/m1/s1. The Labute approximate surface area is 165 Å². The van der Waals surface area contributed by atoms with Crippen molar-refractivity contribution in [3.63, 3.8) is 0 Å². The lowest BCUT2D eigenvalue weighted by atomic mass is 9.91. The molecular weight excluding hydrogens is 352 g/mol. The molecule has 2 aliphatic rings. The Morgan fingerprint density at radius 2 is 1.71 bits per heavy atom. The molecule has 146 valence electrons. The monoisotopic (exact) mass is 378 g/mol. The van der Waals surface area contributed by atoms with E-state index in [-0.39, 0.29) is 18.1 Å². The molecule has 1 fully saturated rings. The number of rotatable bonds is 3. The van der Waals surface area contributed by atoms with Gasteiger partial charge < -0.3 is 15.4 Å². The first kappa shape index (κ1) is 18.5. The SMILES string of the molecule is CC1=C(C(=O)OC2CCCCCC2)[C@@H](c2cccc3ccccc23)NC(=O)N1. The number of hydrogen-bond donors (Lipinski definition) is 2. The van der Waals surface area contributed by atoms with Crippen LogP contribution in [0.15, 0.2) is 53.7 Å². The van der Waals surface area contributed by atoms with Crippen molar-refractivity contribution in [1.29, 1.82) is 0 Å². The number of benzene rings is 2. The Hall–Kier alpha value is -2.82. The van der Waals surface area contributed by atoms with Crippen LogP contribution in [0.4, 0.5) is 4.79 Å². The molecule has 1 atom stereocenters. The van der Waals surface area contributed by atoms with Gasteiger partial charge in [-0.2, -0.15) is 0 Å². The number of esters is 1. The maximum Gasteiger partial charge on any atom is 0.338 e. The predicted octanol–water partition coefficient (Wildman–Crippen LogP) is 4.73. The van der Waals surface area contributed by atoms with Crippen LogP contribution in [0.2, 0.25) is 0 Å². The number of allylic oxidation sites excluding steroid dienone is 1. The van der Waals surface area contributed by atoms with Crippen molar-refractivity contribution < 1.29 is 14.3 Å². The van der Waals surface area contributed by atoms with E-state index in [1.807, 2.05) is 42.5 Å². The molecule has 0 saturated heterocycles. The lowest BCUT2D eigenvalue weighted by Gasteiger charge is -2.30. The zero-order valence-electron chi connectivity index (χ0n) is 16.2. The molecule has 0 aromatic heterocycles. The van der Waals surface area contributed by atoms with Crippen LogP contribution in [0.1, 0.15) is 57.1 Å². The van der Waals surface area contributed by atoms with E-state index in [0.717, 1.165) is 42.0 Å². The second-order valence-corrected chi connectivity index (χ2v) is 7.66. The van der Waals surface area contributed by atoms with Gasteiger partial charge in [-0.25, -0.2) is 9.59 Å². The number of ether oxygens (including phenoxy) is 1. The van der Waals surface area contributed by atoms with Gasteiger partial charge in [-0.15, -0.1) is 0 Å². The fraction of sp³-hybridized carbons (Fsp3) is 0.391. The number of carbonyl (C=O) groups excluding carboxylic acids is 2. The van der Waals surface area contributed by atoms with E-state index in [4.69, 9.17) is 4.74 Å². The second-order valence-electron chi connectivity index (χ2n) is 7.66. The first-order valence-corrected chi connectivity index (χ1v) is 10.1. The third-order valence-electron chi connectivity index (χ3n) is 5.70. The summed E-state index contributed by atoms with van der Waals surface area (Å²) in [6.45, 7) is 1.76. The number of fused-ring (bicyclic) bond motifs is 1. The summed E-state index contributed by atoms with van der Waals surface area (Å²) in [7, 11) is 0. The molecule has 2 aromatic rings. The van der Waals surface area contributed by atoms with Gasteiger partial charge >= 0.3 is 12.0 Å². The van der Waals surface area contributed by atoms with Gasteiger partial charge in [0.05, 0.1) is 11.6 Å². The number of nitrogens with one attached hydrogen (secondary N) is 2. The van der Waals surface area contributed by atoms with Gasteiger partial charge in [-0.3, -0.25) is 0 Å². The number of carbonyl (C=O) groups is 2. The summed E-state index contributed by atoms with van der Waals surface area (Å²) >= 11 is 0. The van der Waals surface area contributed by atoms with E-state index in [1.54, 1.807) is 6.92 Å². The van der Waals surface area contributed by atoms with E-state index in [9.17, 15) is 9.59 Å². The first-order chi connectivity index (χ1) is 13.6. The maximum atomic E-state index is 13.1. The Bertz CT molecular complexity index is 921. The molecule has 1 aliphatic carbocycles. The summed E-state index contributed by atoms with van der Waals surface area (Å²) in [6.07, 6.45) is 6.38. The summed E-state index contributed by atoms with van der Waals surface area (Å²) in [5, 5.41) is 7.75. The molecule has 2 aromatic carbocycles. The lowest BCUT2D eigenvalue weighted by molar-refractivity contribution is -0.145. The van der Waals surface area contributed by atoms with Crippen LogP contribution in [-0.2, 0) is 9.53 Å². The van der Waals surface area contributed by atoms with Crippen LogP contribution >= 0.6 is 0 Å². The molecule has 0 unspecified atom stereocenters. The van der Waals surface area contributed by atoms with E-state index < -0.39 is 6.04 Å². The van der Waals surface area contributed by atoms with Crippen molar-refractivity contribution in [1.82, 2.24) is 10.6 Å². The molecule has 28 heavy (non-hydrogen) atoms. The summed E-state index contributed by atoms with van der Waals surface area (Å²) in [5.74, 6) is -0.338. The third kappa shape index (κ3) is 3.75. The molecule has 1 saturated carbocycles. The zero-order valence-corrected chi connectivity index (χ0v) is 16.2. The molecule has 2 amide bonds. The highest BCUT2D eigenvalue weighted by Gasteiger charge is 2.34. The van der Waals surface area contributed by atoms with E-state index in [2.05, 4.69) is 10.6 Å². The fourth-order valence-corrected chi connectivity index (χ4v) is 4.27. The van der Waals surface area contributed by atoms with Crippen molar-refractivity contribution in [2.24, 2.45) is 0 Å². The highest BCUT2D eigenvalue weighted by molar-refractivity contribution is 5.97. The highest BCUT2D eigenvalue weighted by Crippen LogP contribution is 2.33. The van der Waals surface area contributed by atoms with Gasteiger partial charge in [0, 0.05) is 5.70 Å². The van der Waals surface area contributed by atoms with Crippen LogP contribution in [0.25, 0.3) is 10.8 Å².